The molecule has 2 aromatic carbocycles. The Bertz CT molecular complexity index is 1040. The van der Waals surface area contributed by atoms with Crippen molar-refractivity contribution >= 4 is 11.8 Å². The van der Waals surface area contributed by atoms with Gasteiger partial charge in [-0.25, -0.2) is 4.39 Å². The number of likely N-dealkylation sites (tertiary alicyclic amines) is 1. The monoisotopic (exact) mass is 466 g/mol. The fraction of sp³-hybridized carbons (Fsp3) is 0.500. The molecule has 0 aliphatic carbocycles. The Morgan fingerprint density at radius 3 is 2.35 bits per heavy atom. The summed E-state index contributed by atoms with van der Waals surface area (Å²) in [7, 11) is 0. The zero-order valence-electron chi connectivity index (χ0n) is 20.6. The summed E-state index contributed by atoms with van der Waals surface area (Å²) in [5, 5.41) is 0. The van der Waals surface area contributed by atoms with E-state index in [9.17, 15) is 14.0 Å². The summed E-state index contributed by atoms with van der Waals surface area (Å²) < 4.78 is 19.9. The van der Waals surface area contributed by atoms with Gasteiger partial charge in [0.15, 0.2) is 6.10 Å². The molecule has 2 atom stereocenters. The fourth-order valence-electron chi connectivity index (χ4n) is 4.93. The molecule has 2 aromatic rings. The van der Waals surface area contributed by atoms with Crippen molar-refractivity contribution in [1.82, 2.24) is 9.80 Å². The average molecular weight is 467 g/mol. The summed E-state index contributed by atoms with van der Waals surface area (Å²) in [6, 6.07) is 11.9. The van der Waals surface area contributed by atoms with Gasteiger partial charge in [-0.2, -0.15) is 0 Å². The maximum absolute atomic E-state index is 13.7. The number of carbonyl (C=O) groups excluding carboxylic acids is 2. The first-order chi connectivity index (χ1) is 16.2. The average Bonchev–Trinajstić information content (AvgIpc) is 3.36. The highest BCUT2D eigenvalue weighted by atomic mass is 19.1. The quantitative estimate of drug-likeness (QED) is 0.614. The van der Waals surface area contributed by atoms with Crippen LogP contribution in [0.2, 0.25) is 0 Å². The Labute approximate surface area is 201 Å². The van der Waals surface area contributed by atoms with Crippen LogP contribution in [0.3, 0.4) is 0 Å². The minimum Gasteiger partial charge on any atom is -0.481 e. The van der Waals surface area contributed by atoms with E-state index in [2.05, 4.69) is 0 Å². The van der Waals surface area contributed by atoms with Gasteiger partial charge in [-0.05, 0) is 66.6 Å². The highest BCUT2D eigenvalue weighted by Crippen LogP contribution is 2.39. The van der Waals surface area contributed by atoms with E-state index >= 15 is 0 Å². The van der Waals surface area contributed by atoms with E-state index in [1.54, 1.807) is 12.1 Å². The molecule has 2 unspecified atom stereocenters. The van der Waals surface area contributed by atoms with Gasteiger partial charge >= 0.3 is 0 Å². The SMILES string of the molecule is CCC(Oc1ccc2c(c1)C(c1ccc(F)cc1)N(C(=O)C(C)(C)C)CC2)C(=O)N1CCCC1. The molecule has 6 heteroatoms. The third-order valence-electron chi connectivity index (χ3n) is 6.78. The van der Waals surface area contributed by atoms with Crippen molar-refractivity contribution in [3.63, 3.8) is 0 Å². The van der Waals surface area contributed by atoms with Crippen molar-refractivity contribution in [2.75, 3.05) is 19.6 Å². The smallest absolute Gasteiger partial charge is 0.263 e. The van der Waals surface area contributed by atoms with E-state index in [0.29, 0.717) is 18.7 Å². The summed E-state index contributed by atoms with van der Waals surface area (Å²) in [5.41, 5.74) is 2.42. The van der Waals surface area contributed by atoms with Crippen LogP contribution in [0.5, 0.6) is 5.75 Å². The number of rotatable bonds is 5. The molecule has 5 nitrogen and oxygen atoms in total. The van der Waals surface area contributed by atoms with E-state index in [0.717, 1.165) is 49.0 Å². The van der Waals surface area contributed by atoms with Crippen LogP contribution in [0.15, 0.2) is 42.5 Å². The molecule has 2 amide bonds. The number of halogens is 1. The van der Waals surface area contributed by atoms with Gasteiger partial charge < -0.3 is 14.5 Å². The normalized spacial score (nSPS) is 19.0. The maximum Gasteiger partial charge on any atom is 0.263 e. The molecule has 0 bridgehead atoms. The molecule has 0 aromatic heterocycles. The summed E-state index contributed by atoms with van der Waals surface area (Å²) >= 11 is 0. The first-order valence-electron chi connectivity index (χ1n) is 12.3. The number of fused-ring (bicyclic) bond motifs is 1. The van der Waals surface area contributed by atoms with E-state index in [-0.39, 0.29) is 23.7 Å². The Morgan fingerprint density at radius 2 is 1.74 bits per heavy atom. The molecule has 0 N–H and O–H groups in total. The van der Waals surface area contributed by atoms with Gasteiger partial charge in [0.05, 0.1) is 6.04 Å². The van der Waals surface area contributed by atoms with Crippen molar-refractivity contribution in [3.8, 4) is 5.75 Å². The number of amides is 2. The second-order valence-corrected chi connectivity index (χ2v) is 10.4. The van der Waals surface area contributed by atoms with Gasteiger partial charge in [0.2, 0.25) is 5.91 Å². The summed E-state index contributed by atoms with van der Waals surface area (Å²) in [4.78, 5) is 30.1. The van der Waals surface area contributed by atoms with Crippen LogP contribution in [0.1, 0.15) is 69.7 Å². The van der Waals surface area contributed by atoms with Crippen molar-refractivity contribution in [1.29, 1.82) is 0 Å². The van der Waals surface area contributed by atoms with Gasteiger partial charge in [-0.3, -0.25) is 9.59 Å². The van der Waals surface area contributed by atoms with Crippen molar-refractivity contribution in [2.24, 2.45) is 5.41 Å². The number of carbonyl (C=O) groups is 2. The third kappa shape index (κ3) is 4.96. The summed E-state index contributed by atoms with van der Waals surface area (Å²) in [6.07, 6.45) is 2.87. The van der Waals surface area contributed by atoms with E-state index in [1.807, 2.05) is 55.7 Å². The summed E-state index contributed by atoms with van der Waals surface area (Å²) in [5.74, 6) is 0.402. The van der Waals surface area contributed by atoms with Gasteiger partial charge in [0, 0.05) is 25.0 Å². The number of benzene rings is 2. The third-order valence-corrected chi connectivity index (χ3v) is 6.78. The van der Waals surface area contributed by atoms with Crippen molar-refractivity contribution < 1.29 is 18.7 Å². The lowest BCUT2D eigenvalue weighted by Gasteiger charge is -2.41. The minimum absolute atomic E-state index is 0.0392. The second kappa shape index (κ2) is 9.77. The Balaban J connectivity index is 1.69. The van der Waals surface area contributed by atoms with Crippen LogP contribution in [-0.4, -0.2) is 47.4 Å². The Morgan fingerprint density at radius 1 is 1.06 bits per heavy atom. The molecule has 0 spiro atoms. The molecule has 1 saturated heterocycles. The van der Waals surface area contributed by atoms with Crippen LogP contribution >= 0.6 is 0 Å². The molecule has 1 fully saturated rings. The van der Waals surface area contributed by atoms with Gasteiger partial charge in [0.25, 0.3) is 5.91 Å². The lowest BCUT2D eigenvalue weighted by molar-refractivity contribution is -0.141. The van der Waals surface area contributed by atoms with Gasteiger partial charge in [-0.1, -0.05) is 45.9 Å². The molecule has 182 valence electrons. The van der Waals surface area contributed by atoms with E-state index < -0.39 is 11.5 Å². The highest BCUT2D eigenvalue weighted by Gasteiger charge is 2.37. The zero-order chi connectivity index (χ0) is 24.5. The van der Waals surface area contributed by atoms with E-state index in [4.69, 9.17) is 4.74 Å². The molecular formula is C28H35FN2O3. The van der Waals surface area contributed by atoms with Crippen molar-refractivity contribution in [3.05, 3.63) is 65.0 Å². The lowest BCUT2D eigenvalue weighted by atomic mass is 9.85. The molecular weight excluding hydrogens is 431 g/mol. The topological polar surface area (TPSA) is 49.9 Å². The number of nitrogens with zero attached hydrogens (tertiary/aromatic N) is 2. The highest BCUT2D eigenvalue weighted by molar-refractivity contribution is 5.83. The molecule has 2 aliphatic heterocycles. The molecule has 4 rings (SSSR count). The van der Waals surface area contributed by atoms with Crippen LogP contribution in [0, 0.1) is 11.2 Å². The number of ether oxygens (including phenoxy) is 1. The Kier molecular flexibility index (Phi) is 6.96. The number of hydrogen-bond acceptors (Lipinski definition) is 3. The van der Waals surface area contributed by atoms with Crippen LogP contribution in [0.4, 0.5) is 4.39 Å². The van der Waals surface area contributed by atoms with Crippen LogP contribution < -0.4 is 4.74 Å². The standard InChI is InChI=1S/C28H35FN2O3/c1-5-24(26(32)30-15-6-7-16-30)34-22-13-10-19-14-17-31(27(33)28(2,3)4)25(23(19)18-22)20-8-11-21(29)12-9-20/h8-13,18,24-25H,5-7,14-17H2,1-4H3. The molecule has 0 radical (unpaired) electrons. The minimum atomic E-state index is -0.542. The summed E-state index contributed by atoms with van der Waals surface area (Å²) in [6.45, 7) is 9.89. The van der Waals surface area contributed by atoms with Crippen LogP contribution in [-0.2, 0) is 16.0 Å². The Hall–Kier alpha value is -2.89. The first kappa shape index (κ1) is 24.2. The largest absolute Gasteiger partial charge is 0.481 e. The lowest BCUT2D eigenvalue weighted by Crippen LogP contribution is -2.45. The second-order valence-electron chi connectivity index (χ2n) is 10.4. The maximum atomic E-state index is 13.7. The molecule has 2 aliphatic rings. The van der Waals surface area contributed by atoms with E-state index in [1.165, 1.54) is 12.1 Å². The molecule has 2 heterocycles. The predicted octanol–water partition coefficient (Wildman–Crippen LogP) is 5.13. The van der Waals surface area contributed by atoms with Crippen molar-refractivity contribution in [2.45, 2.75) is 65.5 Å². The first-order valence-corrected chi connectivity index (χ1v) is 12.3. The fourth-order valence-corrected chi connectivity index (χ4v) is 4.93. The predicted molar refractivity (Wildman–Crippen MR) is 130 cm³/mol. The molecule has 0 saturated carbocycles. The van der Waals surface area contributed by atoms with Gasteiger partial charge in [-0.15, -0.1) is 0 Å². The number of hydrogen-bond donors (Lipinski definition) is 0. The molecule has 34 heavy (non-hydrogen) atoms. The zero-order valence-corrected chi connectivity index (χ0v) is 20.6. The van der Waals surface area contributed by atoms with Gasteiger partial charge in [0.1, 0.15) is 11.6 Å². The van der Waals surface area contributed by atoms with Crippen LogP contribution in [0.25, 0.3) is 0 Å².